The van der Waals surface area contributed by atoms with Crippen LogP contribution in [0.5, 0.6) is 0 Å². The van der Waals surface area contributed by atoms with Crippen LogP contribution in [-0.2, 0) is 4.74 Å². The van der Waals surface area contributed by atoms with Crippen LogP contribution in [-0.4, -0.2) is 36.2 Å². The van der Waals surface area contributed by atoms with Crippen molar-refractivity contribution < 1.29 is 9.53 Å². The van der Waals surface area contributed by atoms with E-state index in [0.717, 1.165) is 25.9 Å². The zero-order valence-corrected chi connectivity index (χ0v) is 9.79. The molecule has 0 saturated carbocycles. The summed E-state index contributed by atoms with van der Waals surface area (Å²) in [6, 6.07) is 0. The lowest BCUT2D eigenvalue weighted by atomic mass is 10.1. The van der Waals surface area contributed by atoms with E-state index in [1.165, 1.54) is 12.8 Å². The molecule has 1 amide bonds. The Labute approximate surface area is 91.8 Å². The van der Waals surface area contributed by atoms with Gasteiger partial charge in [-0.05, 0) is 26.7 Å². The van der Waals surface area contributed by atoms with Crippen molar-refractivity contribution in [3.05, 3.63) is 0 Å². The summed E-state index contributed by atoms with van der Waals surface area (Å²) in [7, 11) is 0. The molecule has 1 fully saturated rings. The molecular formula is C11H22N2O2. The Hall–Kier alpha value is -0.770. The van der Waals surface area contributed by atoms with E-state index in [1.807, 2.05) is 13.8 Å². The van der Waals surface area contributed by atoms with Crippen molar-refractivity contribution in [2.45, 2.75) is 45.1 Å². The summed E-state index contributed by atoms with van der Waals surface area (Å²) in [4.78, 5) is 13.4. The van der Waals surface area contributed by atoms with Gasteiger partial charge in [0.05, 0.1) is 0 Å². The molecule has 1 aliphatic heterocycles. The van der Waals surface area contributed by atoms with Crippen molar-refractivity contribution in [3.63, 3.8) is 0 Å². The first-order valence-corrected chi connectivity index (χ1v) is 5.70. The largest absolute Gasteiger partial charge is 0.447 e. The fourth-order valence-corrected chi connectivity index (χ4v) is 1.59. The summed E-state index contributed by atoms with van der Waals surface area (Å²) < 4.78 is 5.16. The van der Waals surface area contributed by atoms with Gasteiger partial charge in [-0.15, -0.1) is 0 Å². The summed E-state index contributed by atoms with van der Waals surface area (Å²) in [5, 5.41) is 0. The first-order valence-electron chi connectivity index (χ1n) is 5.70. The van der Waals surface area contributed by atoms with Crippen LogP contribution < -0.4 is 5.73 Å². The van der Waals surface area contributed by atoms with Crippen LogP contribution in [0.1, 0.15) is 39.5 Å². The van der Waals surface area contributed by atoms with Crippen LogP contribution in [0, 0.1) is 0 Å². The lowest BCUT2D eigenvalue weighted by Crippen LogP contribution is -2.41. The molecule has 1 rings (SSSR count). The maximum Gasteiger partial charge on any atom is 0.409 e. The molecule has 1 heterocycles. The molecule has 15 heavy (non-hydrogen) atoms. The lowest BCUT2D eigenvalue weighted by Gasteiger charge is -2.23. The number of likely N-dealkylation sites (tertiary alicyclic amines) is 1. The molecular weight excluding hydrogens is 192 g/mol. The van der Waals surface area contributed by atoms with E-state index in [-0.39, 0.29) is 12.7 Å². The van der Waals surface area contributed by atoms with Gasteiger partial charge in [0.1, 0.15) is 6.61 Å². The Kier molecular flexibility index (Phi) is 4.39. The third-order valence-electron chi connectivity index (χ3n) is 2.43. The van der Waals surface area contributed by atoms with Gasteiger partial charge in [-0.1, -0.05) is 12.8 Å². The quantitative estimate of drug-likeness (QED) is 0.761. The summed E-state index contributed by atoms with van der Waals surface area (Å²) in [6.07, 6.45) is 4.39. The molecule has 4 nitrogen and oxygen atoms in total. The molecule has 0 bridgehead atoms. The summed E-state index contributed by atoms with van der Waals surface area (Å²) in [5.74, 6) is 0. The maximum atomic E-state index is 11.6. The third kappa shape index (κ3) is 5.02. The first kappa shape index (κ1) is 12.3. The minimum Gasteiger partial charge on any atom is -0.447 e. The van der Waals surface area contributed by atoms with E-state index in [2.05, 4.69) is 0 Å². The van der Waals surface area contributed by atoms with Crippen LogP contribution >= 0.6 is 0 Å². The number of amides is 1. The molecule has 0 aromatic carbocycles. The van der Waals surface area contributed by atoms with Crippen molar-refractivity contribution in [2.75, 3.05) is 19.7 Å². The van der Waals surface area contributed by atoms with Crippen molar-refractivity contribution in [2.24, 2.45) is 5.73 Å². The number of ether oxygens (including phenoxy) is 1. The van der Waals surface area contributed by atoms with Gasteiger partial charge in [-0.25, -0.2) is 4.79 Å². The van der Waals surface area contributed by atoms with Crippen molar-refractivity contribution in [1.82, 2.24) is 4.90 Å². The predicted molar refractivity (Wildman–Crippen MR) is 59.7 cm³/mol. The highest BCUT2D eigenvalue weighted by Gasteiger charge is 2.19. The number of carbonyl (C=O) groups is 1. The van der Waals surface area contributed by atoms with Crippen LogP contribution in [0.4, 0.5) is 4.79 Å². The molecule has 0 unspecified atom stereocenters. The minimum atomic E-state index is -0.443. The Morgan fingerprint density at radius 2 is 1.80 bits per heavy atom. The van der Waals surface area contributed by atoms with Gasteiger partial charge in [-0.3, -0.25) is 0 Å². The monoisotopic (exact) mass is 214 g/mol. The maximum absolute atomic E-state index is 11.6. The van der Waals surface area contributed by atoms with Gasteiger partial charge in [0.2, 0.25) is 0 Å². The summed E-state index contributed by atoms with van der Waals surface area (Å²) in [5.41, 5.74) is 5.31. The van der Waals surface area contributed by atoms with Gasteiger partial charge in [-0.2, -0.15) is 0 Å². The average molecular weight is 214 g/mol. The van der Waals surface area contributed by atoms with Crippen LogP contribution in [0.3, 0.4) is 0 Å². The van der Waals surface area contributed by atoms with Crippen LogP contribution in [0.25, 0.3) is 0 Å². The minimum absolute atomic E-state index is 0.213. The second-order valence-electron chi connectivity index (χ2n) is 4.94. The Balaban J connectivity index is 2.32. The van der Waals surface area contributed by atoms with Gasteiger partial charge in [0.15, 0.2) is 0 Å². The normalized spacial score (nSPS) is 18.5. The zero-order valence-electron chi connectivity index (χ0n) is 9.79. The first-order chi connectivity index (χ1) is 6.99. The fraction of sp³-hybridized carbons (Fsp3) is 0.909. The fourth-order valence-electron chi connectivity index (χ4n) is 1.59. The number of nitrogens with zero attached hydrogens (tertiary/aromatic N) is 1. The van der Waals surface area contributed by atoms with E-state index in [1.54, 1.807) is 4.90 Å². The van der Waals surface area contributed by atoms with Gasteiger partial charge in [0.25, 0.3) is 0 Å². The van der Waals surface area contributed by atoms with E-state index in [9.17, 15) is 4.79 Å². The number of rotatable bonds is 2. The third-order valence-corrected chi connectivity index (χ3v) is 2.43. The van der Waals surface area contributed by atoms with E-state index >= 15 is 0 Å². The second kappa shape index (κ2) is 5.35. The molecule has 0 aromatic heterocycles. The molecule has 0 aromatic rings. The molecule has 2 N–H and O–H groups in total. The van der Waals surface area contributed by atoms with E-state index in [4.69, 9.17) is 10.5 Å². The SMILES string of the molecule is CC(C)(N)COC(=O)N1CCCCCC1. The molecule has 0 atom stereocenters. The smallest absolute Gasteiger partial charge is 0.409 e. The van der Waals surface area contributed by atoms with Gasteiger partial charge >= 0.3 is 6.09 Å². The van der Waals surface area contributed by atoms with Gasteiger partial charge < -0.3 is 15.4 Å². The highest BCUT2D eigenvalue weighted by molar-refractivity contribution is 5.67. The van der Waals surface area contributed by atoms with Gasteiger partial charge in [0, 0.05) is 18.6 Å². The van der Waals surface area contributed by atoms with Crippen molar-refractivity contribution in [1.29, 1.82) is 0 Å². The van der Waals surface area contributed by atoms with Crippen molar-refractivity contribution in [3.8, 4) is 0 Å². The topological polar surface area (TPSA) is 55.6 Å². The number of nitrogens with two attached hydrogens (primary N) is 1. The Morgan fingerprint density at radius 3 is 2.27 bits per heavy atom. The van der Waals surface area contributed by atoms with E-state index in [0.29, 0.717) is 0 Å². The molecule has 88 valence electrons. The standard InChI is InChI=1S/C11H22N2O2/c1-11(2,12)9-15-10(14)13-7-5-3-4-6-8-13/h3-9,12H2,1-2H3. The van der Waals surface area contributed by atoms with Crippen LogP contribution in [0.2, 0.25) is 0 Å². The predicted octanol–water partition coefficient (Wildman–Crippen LogP) is 1.74. The summed E-state index contributed by atoms with van der Waals surface area (Å²) >= 11 is 0. The molecule has 4 heteroatoms. The summed E-state index contributed by atoms with van der Waals surface area (Å²) in [6.45, 7) is 5.63. The van der Waals surface area contributed by atoms with E-state index < -0.39 is 5.54 Å². The lowest BCUT2D eigenvalue weighted by molar-refractivity contribution is 0.0872. The number of hydrogen-bond acceptors (Lipinski definition) is 3. The second-order valence-corrected chi connectivity index (χ2v) is 4.94. The molecule has 1 aliphatic rings. The highest BCUT2D eigenvalue weighted by Crippen LogP contribution is 2.11. The van der Waals surface area contributed by atoms with Crippen LogP contribution in [0.15, 0.2) is 0 Å². The molecule has 0 spiro atoms. The van der Waals surface area contributed by atoms with Crippen molar-refractivity contribution >= 4 is 6.09 Å². The molecule has 0 radical (unpaired) electrons. The molecule has 0 aliphatic carbocycles. The number of hydrogen-bond donors (Lipinski definition) is 1. The molecule has 1 saturated heterocycles. The Bertz CT molecular complexity index is 203. The highest BCUT2D eigenvalue weighted by atomic mass is 16.6. The Morgan fingerprint density at radius 1 is 1.27 bits per heavy atom. The zero-order chi connectivity index (χ0) is 11.3. The number of carbonyl (C=O) groups excluding carboxylic acids is 1. The average Bonchev–Trinajstić information content (AvgIpc) is 2.41.